The van der Waals surface area contributed by atoms with E-state index >= 15 is 0 Å². The van der Waals surface area contributed by atoms with E-state index in [2.05, 4.69) is 16.8 Å². The maximum absolute atomic E-state index is 13.2. The van der Waals surface area contributed by atoms with Crippen molar-refractivity contribution in [1.29, 1.82) is 0 Å². The Kier molecular flexibility index (Phi) is 4.75. The number of benzene rings is 1. The highest BCUT2D eigenvalue weighted by atomic mass is 32.2. The van der Waals surface area contributed by atoms with Crippen LogP contribution in [0, 0.1) is 0 Å². The summed E-state index contributed by atoms with van der Waals surface area (Å²) >= 11 is 0. The second-order valence-corrected chi connectivity index (χ2v) is 8.21. The molecule has 1 saturated heterocycles. The fourth-order valence-corrected chi connectivity index (χ4v) is 4.50. The molecule has 3 aromatic rings. The van der Waals surface area contributed by atoms with E-state index in [1.165, 1.54) is 6.26 Å². The number of anilines is 1. The second-order valence-electron chi connectivity index (χ2n) is 6.34. The van der Waals surface area contributed by atoms with Crippen LogP contribution >= 0.6 is 0 Å². The summed E-state index contributed by atoms with van der Waals surface area (Å²) in [5, 5.41) is -0.0648. The van der Waals surface area contributed by atoms with Crippen LogP contribution in [0.2, 0.25) is 0 Å². The van der Waals surface area contributed by atoms with E-state index in [0.29, 0.717) is 18.8 Å². The van der Waals surface area contributed by atoms with E-state index < -0.39 is 9.84 Å². The molecule has 0 bridgehead atoms. The SMILES string of the molecule is CCN1CCN(c2oc(-c3ccco3)nc2S(=O)(=O)c2ccccc2)CC1. The molecule has 0 amide bonds. The van der Waals surface area contributed by atoms with Crippen molar-refractivity contribution in [3.63, 3.8) is 0 Å². The minimum absolute atomic E-state index is 0.0648. The van der Waals surface area contributed by atoms with Crippen LogP contribution in [0.25, 0.3) is 11.7 Å². The zero-order valence-electron chi connectivity index (χ0n) is 15.0. The quantitative estimate of drug-likeness (QED) is 0.666. The number of piperazine rings is 1. The van der Waals surface area contributed by atoms with Gasteiger partial charge in [0.25, 0.3) is 5.89 Å². The van der Waals surface area contributed by atoms with Crippen LogP contribution < -0.4 is 4.90 Å². The predicted octanol–water partition coefficient (Wildman–Crippen LogP) is 2.91. The van der Waals surface area contributed by atoms with E-state index in [0.717, 1.165) is 19.6 Å². The molecule has 0 unspecified atom stereocenters. The fraction of sp³-hybridized carbons (Fsp3) is 0.316. The van der Waals surface area contributed by atoms with Crippen LogP contribution in [0.5, 0.6) is 0 Å². The van der Waals surface area contributed by atoms with Gasteiger partial charge in [0.15, 0.2) is 5.76 Å². The molecule has 4 rings (SSSR count). The van der Waals surface area contributed by atoms with E-state index in [9.17, 15) is 8.42 Å². The molecule has 142 valence electrons. The highest BCUT2D eigenvalue weighted by Crippen LogP contribution is 2.35. The first-order valence-electron chi connectivity index (χ1n) is 8.91. The summed E-state index contributed by atoms with van der Waals surface area (Å²) in [4.78, 5) is 8.76. The van der Waals surface area contributed by atoms with Crippen LogP contribution in [0.3, 0.4) is 0 Å². The van der Waals surface area contributed by atoms with Crippen molar-refractivity contribution in [1.82, 2.24) is 9.88 Å². The third kappa shape index (κ3) is 3.38. The van der Waals surface area contributed by atoms with E-state index in [4.69, 9.17) is 8.83 Å². The summed E-state index contributed by atoms with van der Waals surface area (Å²) in [6.07, 6.45) is 1.50. The summed E-state index contributed by atoms with van der Waals surface area (Å²) in [6.45, 7) is 6.13. The molecule has 0 aliphatic carbocycles. The molecule has 8 heteroatoms. The third-order valence-corrected chi connectivity index (χ3v) is 6.39. The first kappa shape index (κ1) is 17.8. The third-order valence-electron chi connectivity index (χ3n) is 4.73. The Morgan fingerprint density at radius 2 is 1.78 bits per heavy atom. The van der Waals surface area contributed by atoms with Crippen molar-refractivity contribution in [2.75, 3.05) is 37.6 Å². The summed E-state index contributed by atoms with van der Waals surface area (Å²) in [5.41, 5.74) is 0. The molecular weight excluding hydrogens is 366 g/mol. The van der Waals surface area contributed by atoms with Gasteiger partial charge in [0.2, 0.25) is 20.7 Å². The lowest BCUT2D eigenvalue weighted by molar-refractivity contribution is 0.266. The summed E-state index contributed by atoms with van der Waals surface area (Å²) in [5.74, 6) is 0.849. The molecule has 27 heavy (non-hydrogen) atoms. The Morgan fingerprint density at radius 3 is 2.41 bits per heavy atom. The maximum atomic E-state index is 13.2. The Bertz CT molecular complexity index is 989. The van der Waals surface area contributed by atoms with Gasteiger partial charge in [0, 0.05) is 26.2 Å². The minimum atomic E-state index is -3.81. The lowest BCUT2D eigenvalue weighted by atomic mass is 10.3. The molecule has 2 aromatic heterocycles. The van der Waals surface area contributed by atoms with Gasteiger partial charge < -0.3 is 18.6 Å². The van der Waals surface area contributed by atoms with Crippen molar-refractivity contribution in [3.05, 3.63) is 48.7 Å². The molecule has 1 aliphatic heterocycles. The first-order valence-corrected chi connectivity index (χ1v) is 10.4. The van der Waals surface area contributed by atoms with E-state index in [1.54, 1.807) is 42.5 Å². The Hall–Kier alpha value is -2.58. The number of furan rings is 1. The largest absolute Gasteiger partial charge is 0.459 e. The number of hydrogen-bond acceptors (Lipinski definition) is 7. The number of likely N-dealkylation sites (N-methyl/N-ethyl adjacent to an activating group) is 1. The Balaban J connectivity index is 1.78. The van der Waals surface area contributed by atoms with E-state index in [-0.39, 0.29) is 21.7 Å². The molecule has 1 fully saturated rings. The van der Waals surface area contributed by atoms with Crippen LogP contribution in [0.1, 0.15) is 6.92 Å². The average Bonchev–Trinajstić information content (AvgIpc) is 3.39. The smallest absolute Gasteiger partial charge is 0.266 e. The first-order chi connectivity index (χ1) is 13.1. The van der Waals surface area contributed by atoms with Gasteiger partial charge in [-0.25, -0.2) is 8.42 Å². The number of aromatic nitrogens is 1. The molecule has 0 radical (unpaired) electrons. The van der Waals surface area contributed by atoms with Crippen molar-refractivity contribution in [3.8, 4) is 11.7 Å². The number of nitrogens with zero attached hydrogens (tertiary/aromatic N) is 3. The van der Waals surface area contributed by atoms with Crippen LogP contribution in [0.15, 0.2) is 67.5 Å². The van der Waals surface area contributed by atoms with Gasteiger partial charge in [-0.05, 0) is 30.8 Å². The molecule has 3 heterocycles. The van der Waals surface area contributed by atoms with Gasteiger partial charge in [-0.15, -0.1) is 0 Å². The zero-order chi connectivity index (χ0) is 18.9. The topological polar surface area (TPSA) is 79.8 Å². The van der Waals surface area contributed by atoms with Crippen molar-refractivity contribution >= 4 is 15.7 Å². The van der Waals surface area contributed by atoms with Crippen molar-refractivity contribution in [2.45, 2.75) is 16.8 Å². The van der Waals surface area contributed by atoms with E-state index in [1.807, 2.05) is 4.90 Å². The summed E-state index contributed by atoms with van der Waals surface area (Å²) < 4.78 is 37.7. The summed E-state index contributed by atoms with van der Waals surface area (Å²) in [6, 6.07) is 11.7. The molecule has 0 N–H and O–H groups in total. The van der Waals surface area contributed by atoms with Crippen LogP contribution in [0.4, 0.5) is 5.88 Å². The normalized spacial score (nSPS) is 16.0. The number of hydrogen-bond donors (Lipinski definition) is 0. The Morgan fingerprint density at radius 1 is 1.04 bits per heavy atom. The molecule has 0 atom stereocenters. The molecule has 0 spiro atoms. The van der Waals surface area contributed by atoms with Crippen LogP contribution in [-0.2, 0) is 9.84 Å². The lowest BCUT2D eigenvalue weighted by Gasteiger charge is -2.33. The van der Waals surface area contributed by atoms with Crippen molar-refractivity contribution in [2.24, 2.45) is 0 Å². The standard InChI is InChI=1S/C19H21N3O4S/c1-2-21-10-12-22(13-11-21)19-18(20-17(26-19)16-9-6-14-25-16)27(23,24)15-7-4-3-5-8-15/h3-9,14H,2,10-13H2,1H3. The maximum Gasteiger partial charge on any atom is 0.266 e. The number of sulfone groups is 1. The Labute approximate surface area is 158 Å². The van der Waals surface area contributed by atoms with Crippen LogP contribution in [-0.4, -0.2) is 51.0 Å². The lowest BCUT2D eigenvalue weighted by Crippen LogP contribution is -2.46. The van der Waals surface area contributed by atoms with Gasteiger partial charge in [-0.2, -0.15) is 4.98 Å². The monoisotopic (exact) mass is 387 g/mol. The molecule has 1 aliphatic rings. The zero-order valence-corrected chi connectivity index (χ0v) is 15.9. The minimum Gasteiger partial charge on any atom is -0.459 e. The van der Waals surface area contributed by atoms with Gasteiger partial charge in [-0.3, -0.25) is 0 Å². The molecular formula is C19H21N3O4S. The summed E-state index contributed by atoms with van der Waals surface area (Å²) in [7, 11) is -3.81. The average molecular weight is 387 g/mol. The van der Waals surface area contributed by atoms with Crippen molar-refractivity contribution < 1.29 is 17.3 Å². The van der Waals surface area contributed by atoms with Gasteiger partial charge >= 0.3 is 0 Å². The molecule has 7 nitrogen and oxygen atoms in total. The second kappa shape index (κ2) is 7.21. The molecule has 0 saturated carbocycles. The number of rotatable bonds is 5. The van der Waals surface area contributed by atoms with Gasteiger partial charge in [0.05, 0.1) is 11.2 Å². The molecule has 1 aromatic carbocycles. The highest BCUT2D eigenvalue weighted by Gasteiger charge is 2.33. The highest BCUT2D eigenvalue weighted by molar-refractivity contribution is 7.91. The van der Waals surface area contributed by atoms with Gasteiger partial charge in [0.1, 0.15) is 0 Å². The fourth-order valence-electron chi connectivity index (χ4n) is 3.16. The predicted molar refractivity (Wildman–Crippen MR) is 100 cm³/mol. The van der Waals surface area contributed by atoms with Gasteiger partial charge in [-0.1, -0.05) is 25.1 Å². The number of oxazole rings is 1.